The van der Waals surface area contributed by atoms with Crippen molar-refractivity contribution in [2.24, 2.45) is 0 Å². The average Bonchev–Trinajstić information content (AvgIpc) is 3.13. The Balaban J connectivity index is 2.09. The van der Waals surface area contributed by atoms with Crippen molar-refractivity contribution in [3.63, 3.8) is 0 Å². The molecule has 0 aromatic heterocycles. The summed E-state index contributed by atoms with van der Waals surface area (Å²) in [7, 11) is 0.551. The van der Waals surface area contributed by atoms with E-state index < -0.39 is 43.8 Å². The molecule has 1 aromatic carbocycles. The molecule has 5 nitrogen and oxygen atoms in total. The van der Waals surface area contributed by atoms with Crippen molar-refractivity contribution in [1.82, 2.24) is 5.32 Å². The molecule has 0 aliphatic heterocycles. The number of carbonyl (C=O) groups is 1. The molecule has 1 aliphatic carbocycles. The van der Waals surface area contributed by atoms with E-state index in [9.17, 15) is 22.0 Å². The maximum Gasteiger partial charge on any atom is 0.264 e. The van der Waals surface area contributed by atoms with Crippen LogP contribution in [-0.2, 0) is 13.8 Å². The lowest BCUT2D eigenvalue weighted by molar-refractivity contribution is -0.123. The number of carbonyl (C=O) groups excluding carboxylic acids is 1. The fraction of sp³-hybridized carbons (Fsp3) is 0.364. The predicted octanol–water partition coefficient (Wildman–Crippen LogP) is 1.55. The van der Waals surface area contributed by atoms with Crippen LogP contribution in [0.2, 0.25) is 0 Å². The van der Waals surface area contributed by atoms with E-state index >= 15 is 0 Å². The van der Waals surface area contributed by atoms with Crippen LogP contribution in [0.3, 0.4) is 0 Å². The van der Waals surface area contributed by atoms with Gasteiger partial charge in [0.25, 0.3) is 15.0 Å². The van der Waals surface area contributed by atoms with Crippen LogP contribution in [0, 0.1) is 11.6 Å². The van der Waals surface area contributed by atoms with Gasteiger partial charge < -0.3 is 10.1 Å². The SMILES string of the molecule is O=C(COc1ccc(S(=O)(=O)Cl)c(F)c1F)NC1CC1. The Bertz CT molecular complexity index is 646. The molecule has 1 aliphatic rings. The average molecular weight is 326 g/mol. The van der Waals surface area contributed by atoms with Gasteiger partial charge in [0.15, 0.2) is 18.2 Å². The summed E-state index contributed by atoms with van der Waals surface area (Å²) in [5.74, 6) is -4.16. The maximum atomic E-state index is 13.6. The molecule has 1 saturated carbocycles. The van der Waals surface area contributed by atoms with E-state index in [2.05, 4.69) is 5.32 Å². The largest absolute Gasteiger partial charge is 0.481 e. The molecule has 0 unspecified atom stereocenters. The second-order valence-electron chi connectivity index (χ2n) is 4.26. The van der Waals surface area contributed by atoms with Gasteiger partial charge >= 0.3 is 0 Å². The van der Waals surface area contributed by atoms with Crippen molar-refractivity contribution in [3.8, 4) is 5.75 Å². The first kappa shape index (κ1) is 15.0. The van der Waals surface area contributed by atoms with Crippen LogP contribution in [0.1, 0.15) is 12.8 Å². The summed E-state index contributed by atoms with van der Waals surface area (Å²) in [6.07, 6.45) is 1.77. The van der Waals surface area contributed by atoms with Crippen molar-refractivity contribution >= 4 is 25.6 Å². The standard InChI is InChI=1S/C11H10ClF2NO4S/c12-20(17,18)8-4-3-7(10(13)11(8)14)19-5-9(16)15-6-1-2-6/h3-4,6H,1-2,5H2,(H,15,16). The van der Waals surface area contributed by atoms with Crippen molar-refractivity contribution in [2.45, 2.75) is 23.8 Å². The van der Waals surface area contributed by atoms with Crippen molar-refractivity contribution in [1.29, 1.82) is 0 Å². The number of benzene rings is 1. The minimum absolute atomic E-state index is 0.122. The van der Waals surface area contributed by atoms with Gasteiger partial charge in [-0.1, -0.05) is 0 Å². The van der Waals surface area contributed by atoms with Gasteiger partial charge in [0.05, 0.1) is 0 Å². The summed E-state index contributed by atoms with van der Waals surface area (Å²) in [6.45, 7) is -0.486. The monoisotopic (exact) mass is 325 g/mol. The highest BCUT2D eigenvalue weighted by atomic mass is 35.7. The highest BCUT2D eigenvalue weighted by molar-refractivity contribution is 8.13. The lowest BCUT2D eigenvalue weighted by Crippen LogP contribution is -2.30. The maximum absolute atomic E-state index is 13.6. The first-order valence-corrected chi connectivity index (χ1v) is 7.95. The van der Waals surface area contributed by atoms with E-state index in [0.29, 0.717) is 0 Å². The zero-order valence-corrected chi connectivity index (χ0v) is 11.6. The smallest absolute Gasteiger partial charge is 0.264 e. The molecule has 0 saturated heterocycles. The van der Waals surface area contributed by atoms with E-state index in [4.69, 9.17) is 15.4 Å². The number of amides is 1. The second-order valence-corrected chi connectivity index (χ2v) is 6.79. The number of ether oxygens (including phenoxy) is 1. The summed E-state index contributed by atoms with van der Waals surface area (Å²) in [4.78, 5) is 10.3. The van der Waals surface area contributed by atoms with Gasteiger partial charge in [-0.2, -0.15) is 4.39 Å². The van der Waals surface area contributed by atoms with Gasteiger partial charge in [0.1, 0.15) is 4.90 Å². The molecule has 0 bridgehead atoms. The van der Waals surface area contributed by atoms with Crippen molar-refractivity contribution in [2.75, 3.05) is 6.61 Å². The Hall–Kier alpha value is -1.41. The summed E-state index contributed by atoms with van der Waals surface area (Å²) < 4.78 is 53.8. The topological polar surface area (TPSA) is 72.5 Å². The van der Waals surface area contributed by atoms with Gasteiger partial charge in [0, 0.05) is 16.7 Å². The Morgan fingerprint density at radius 2 is 2.00 bits per heavy atom. The molecule has 1 amide bonds. The van der Waals surface area contributed by atoms with Gasteiger partial charge in [0.2, 0.25) is 5.82 Å². The lowest BCUT2D eigenvalue weighted by atomic mass is 10.3. The molecule has 0 radical (unpaired) electrons. The molecule has 0 spiro atoms. The summed E-state index contributed by atoms with van der Waals surface area (Å²) in [5, 5.41) is 2.60. The van der Waals surface area contributed by atoms with Gasteiger partial charge in [-0.25, -0.2) is 12.8 Å². The van der Waals surface area contributed by atoms with E-state index in [1.165, 1.54) is 0 Å². The van der Waals surface area contributed by atoms with Gasteiger partial charge in [-0.3, -0.25) is 4.79 Å². The fourth-order valence-corrected chi connectivity index (χ4v) is 2.35. The third-order valence-electron chi connectivity index (χ3n) is 2.58. The zero-order valence-electron chi connectivity index (χ0n) is 10.0. The van der Waals surface area contributed by atoms with Gasteiger partial charge in [-0.15, -0.1) is 0 Å². The van der Waals surface area contributed by atoms with Crippen LogP contribution in [0.5, 0.6) is 5.75 Å². The predicted molar refractivity (Wildman–Crippen MR) is 66.1 cm³/mol. The zero-order chi connectivity index (χ0) is 14.9. The van der Waals surface area contributed by atoms with Crippen LogP contribution in [0.4, 0.5) is 8.78 Å². The first-order valence-electron chi connectivity index (χ1n) is 5.64. The number of rotatable bonds is 5. The minimum atomic E-state index is -4.39. The highest BCUT2D eigenvalue weighted by Crippen LogP contribution is 2.27. The molecule has 2 rings (SSSR count). The molecule has 1 aromatic rings. The van der Waals surface area contributed by atoms with E-state index in [1.807, 2.05) is 0 Å². The molecular weight excluding hydrogens is 316 g/mol. The quantitative estimate of drug-likeness (QED) is 0.834. The Morgan fingerprint density at radius 1 is 1.35 bits per heavy atom. The highest BCUT2D eigenvalue weighted by Gasteiger charge is 2.25. The van der Waals surface area contributed by atoms with Crippen molar-refractivity contribution in [3.05, 3.63) is 23.8 Å². The van der Waals surface area contributed by atoms with Crippen LogP contribution in [0.25, 0.3) is 0 Å². The summed E-state index contributed by atoms with van der Waals surface area (Å²) in [6, 6.07) is 1.80. The normalized spacial score (nSPS) is 14.9. The number of nitrogens with one attached hydrogen (secondary N) is 1. The number of hydrogen-bond donors (Lipinski definition) is 1. The van der Waals surface area contributed by atoms with Crippen LogP contribution in [-0.4, -0.2) is 27.0 Å². The third-order valence-corrected chi connectivity index (χ3v) is 3.91. The van der Waals surface area contributed by atoms with Gasteiger partial charge in [-0.05, 0) is 25.0 Å². The molecule has 9 heteroatoms. The van der Waals surface area contributed by atoms with Crippen LogP contribution >= 0.6 is 10.7 Å². The number of halogens is 3. The van der Waals surface area contributed by atoms with E-state index in [1.54, 1.807) is 0 Å². The Kier molecular flexibility index (Phi) is 4.14. The molecule has 1 N–H and O–H groups in total. The van der Waals surface area contributed by atoms with Crippen molar-refractivity contribution < 1.29 is 26.7 Å². The lowest BCUT2D eigenvalue weighted by Gasteiger charge is -2.09. The van der Waals surface area contributed by atoms with Crippen LogP contribution < -0.4 is 10.1 Å². The Morgan fingerprint density at radius 3 is 2.55 bits per heavy atom. The molecule has 1 fully saturated rings. The molecule has 0 heterocycles. The Labute approximate surface area is 118 Å². The molecular formula is C11H10ClF2NO4S. The minimum Gasteiger partial charge on any atom is -0.481 e. The second kappa shape index (κ2) is 5.53. The molecule has 20 heavy (non-hydrogen) atoms. The van der Waals surface area contributed by atoms with Crippen LogP contribution in [0.15, 0.2) is 17.0 Å². The third kappa shape index (κ3) is 3.57. The molecule has 0 atom stereocenters. The number of hydrogen-bond acceptors (Lipinski definition) is 4. The van der Waals surface area contributed by atoms with E-state index in [-0.39, 0.29) is 6.04 Å². The summed E-state index contributed by atoms with van der Waals surface area (Å²) >= 11 is 0. The molecule has 110 valence electrons. The van der Waals surface area contributed by atoms with E-state index in [0.717, 1.165) is 25.0 Å². The first-order chi connectivity index (χ1) is 9.29. The summed E-state index contributed by atoms with van der Waals surface area (Å²) in [5.41, 5.74) is 0. The fourth-order valence-electron chi connectivity index (χ4n) is 1.45.